The minimum atomic E-state index is 0.284. The molecule has 4 unspecified atom stereocenters. The van der Waals surface area contributed by atoms with E-state index in [0.717, 1.165) is 19.5 Å². The van der Waals surface area contributed by atoms with Crippen molar-refractivity contribution >= 4 is 0 Å². The first kappa shape index (κ1) is 10.3. The summed E-state index contributed by atoms with van der Waals surface area (Å²) in [4.78, 5) is 0. The van der Waals surface area contributed by atoms with Gasteiger partial charge in [-0.2, -0.15) is 0 Å². The van der Waals surface area contributed by atoms with Gasteiger partial charge in [0, 0.05) is 18.5 Å². The van der Waals surface area contributed by atoms with Crippen LogP contribution in [0.1, 0.15) is 25.7 Å². The van der Waals surface area contributed by atoms with Crippen LogP contribution >= 0.6 is 0 Å². The molecule has 0 radical (unpaired) electrons. The average Bonchev–Trinajstić information content (AvgIpc) is 2.92. The molecule has 3 aliphatic heterocycles. The van der Waals surface area contributed by atoms with Gasteiger partial charge in [0.2, 0.25) is 0 Å². The van der Waals surface area contributed by atoms with Crippen LogP contribution in [0.4, 0.5) is 0 Å². The van der Waals surface area contributed by atoms with E-state index in [0.29, 0.717) is 17.1 Å². The lowest BCUT2D eigenvalue weighted by molar-refractivity contribution is -0.995. The van der Waals surface area contributed by atoms with Gasteiger partial charge in [0.1, 0.15) is 12.1 Å². The molecule has 0 aromatic rings. The maximum atomic E-state index is 12.4. The number of quaternary nitrogens is 1. The number of hydroxylamine groups is 1. The Bertz CT molecular complexity index is 349. The van der Waals surface area contributed by atoms with E-state index in [2.05, 4.69) is 22.8 Å². The number of hydrazine groups is 3. The molecule has 17 heavy (non-hydrogen) atoms. The molecule has 0 amide bonds. The molecule has 4 atom stereocenters. The third kappa shape index (κ3) is 1.39. The zero-order valence-corrected chi connectivity index (χ0v) is 9.88. The van der Waals surface area contributed by atoms with Crippen LogP contribution in [0.25, 0.3) is 0 Å². The Morgan fingerprint density at radius 2 is 2.18 bits per heavy atom. The van der Waals surface area contributed by atoms with Crippen molar-refractivity contribution in [3.8, 4) is 0 Å². The number of fused-ring (bicyclic) bond motifs is 4. The van der Waals surface area contributed by atoms with E-state index < -0.39 is 0 Å². The van der Waals surface area contributed by atoms with Gasteiger partial charge in [-0.1, -0.05) is 11.5 Å². The molecule has 0 bridgehead atoms. The Morgan fingerprint density at radius 1 is 1.29 bits per heavy atom. The van der Waals surface area contributed by atoms with Crippen LogP contribution < -0.4 is 10.7 Å². The summed E-state index contributed by atoms with van der Waals surface area (Å²) >= 11 is 0. The van der Waals surface area contributed by atoms with Crippen LogP contribution in [0.15, 0.2) is 12.3 Å². The molecule has 6 heteroatoms. The van der Waals surface area contributed by atoms with Crippen molar-refractivity contribution in [1.82, 2.24) is 20.8 Å². The maximum absolute atomic E-state index is 12.4. The number of rotatable bonds is 0. The van der Waals surface area contributed by atoms with E-state index in [1.165, 1.54) is 19.3 Å². The number of nitrogens with one attached hydrogen (secondary N) is 2. The topological polar surface area (TPSA) is 49.3 Å². The Kier molecular flexibility index (Phi) is 2.22. The van der Waals surface area contributed by atoms with Crippen LogP contribution in [0.3, 0.4) is 0 Å². The monoisotopic (exact) mass is 237 g/mol. The minimum Gasteiger partial charge on any atom is -0.612 e. The van der Waals surface area contributed by atoms with Crippen molar-refractivity contribution < 1.29 is 5.17 Å². The van der Waals surface area contributed by atoms with Crippen molar-refractivity contribution in [3.63, 3.8) is 0 Å². The highest BCUT2D eigenvalue weighted by molar-refractivity contribution is 4.97. The lowest BCUT2D eigenvalue weighted by Crippen LogP contribution is -3.17. The molecule has 6 nitrogen and oxygen atoms in total. The number of hydrogen-bond acceptors (Lipinski definition) is 5. The SMILES string of the molecule is [O-][NH+]1C2CCCCC2C2CN3C=CCN3NN21. The molecule has 3 heterocycles. The highest BCUT2D eigenvalue weighted by Gasteiger charge is 2.53. The Labute approximate surface area is 101 Å². The molecule has 2 saturated heterocycles. The Hall–Kier alpha value is -0.660. The van der Waals surface area contributed by atoms with E-state index in [-0.39, 0.29) is 6.04 Å². The first-order valence-electron chi connectivity index (χ1n) is 6.65. The van der Waals surface area contributed by atoms with Gasteiger partial charge in [-0.05, 0) is 18.9 Å². The summed E-state index contributed by atoms with van der Waals surface area (Å²) < 4.78 is 0. The van der Waals surface area contributed by atoms with E-state index in [9.17, 15) is 5.21 Å². The maximum Gasteiger partial charge on any atom is 0.111 e. The third-order valence-electron chi connectivity index (χ3n) is 4.66. The van der Waals surface area contributed by atoms with Crippen LogP contribution in [0.5, 0.6) is 0 Å². The second kappa shape index (κ2) is 3.66. The highest BCUT2D eigenvalue weighted by atomic mass is 16.6. The molecule has 0 aromatic carbocycles. The van der Waals surface area contributed by atoms with Crippen LogP contribution in [0, 0.1) is 11.1 Å². The predicted molar refractivity (Wildman–Crippen MR) is 61.4 cm³/mol. The fraction of sp³-hybridized carbons (Fsp3) is 0.818. The minimum absolute atomic E-state index is 0.284. The number of nitrogens with zero attached hydrogens (tertiary/aromatic N) is 3. The smallest absolute Gasteiger partial charge is 0.111 e. The van der Waals surface area contributed by atoms with Crippen LogP contribution in [0.2, 0.25) is 0 Å². The van der Waals surface area contributed by atoms with Crippen molar-refractivity contribution in [2.45, 2.75) is 37.8 Å². The van der Waals surface area contributed by atoms with Gasteiger partial charge in [0.05, 0.1) is 13.1 Å². The summed E-state index contributed by atoms with van der Waals surface area (Å²) in [6, 6.07) is 0.651. The van der Waals surface area contributed by atoms with Crippen molar-refractivity contribution in [1.29, 1.82) is 0 Å². The lowest BCUT2D eigenvalue weighted by Gasteiger charge is -2.44. The lowest BCUT2D eigenvalue weighted by atomic mass is 9.81. The summed E-state index contributed by atoms with van der Waals surface area (Å²) in [6.07, 6.45) is 9.06. The Balaban J connectivity index is 1.61. The van der Waals surface area contributed by atoms with Crippen molar-refractivity contribution in [2.75, 3.05) is 13.1 Å². The molecule has 2 N–H and O–H groups in total. The normalized spacial score (nSPS) is 45.8. The molecule has 4 aliphatic rings. The quantitative estimate of drug-likeness (QED) is 0.530. The zero-order chi connectivity index (χ0) is 11.4. The van der Waals surface area contributed by atoms with E-state index in [4.69, 9.17) is 0 Å². The summed E-state index contributed by atoms with van der Waals surface area (Å²) in [7, 11) is 0. The highest BCUT2D eigenvalue weighted by Crippen LogP contribution is 2.33. The number of hydrogen-bond donors (Lipinski definition) is 2. The average molecular weight is 237 g/mol. The van der Waals surface area contributed by atoms with Gasteiger partial charge in [-0.25, -0.2) is 0 Å². The summed E-state index contributed by atoms with van der Waals surface area (Å²) in [5.74, 6) is 0.569. The summed E-state index contributed by atoms with van der Waals surface area (Å²) in [5, 5.41) is 18.8. The first-order valence-corrected chi connectivity index (χ1v) is 6.65. The predicted octanol–water partition coefficient (Wildman–Crippen LogP) is -0.993. The third-order valence-corrected chi connectivity index (χ3v) is 4.66. The van der Waals surface area contributed by atoms with Gasteiger partial charge in [-0.15, -0.1) is 10.7 Å². The van der Waals surface area contributed by atoms with Crippen molar-refractivity contribution in [3.05, 3.63) is 17.5 Å². The van der Waals surface area contributed by atoms with Crippen LogP contribution in [-0.2, 0) is 0 Å². The Morgan fingerprint density at radius 3 is 3.12 bits per heavy atom. The fourth-order valence-corrected chi connectivity index (χ4v) is 3.83. The summed E-state index contributed by atoms with van der Waals surface area (Å²) in [5.41, 5.74) is 3.26. The van der Waals surface area contributed by atoms with Gasteiger partial charge < -0.3 is 5.21 Å². The molecule has 1 aliphatic carbocycles. The van der Waals surface area contributed by atoms with E-state index in [1.54, 1.807) is 0 Å². The van der Waals surface area contributed by atoms with Crippen LogP contribution in [-0.4, -0.2) is 40.4 Å². The van der Waals surface area contributed by atoms with E-state index >= 15 is 0 Å². The van der Waals surface area contributed by atoms with Gasteiger partial charge in [-0.3, -0.25) is 10.2 Å². The van der Waals surface area contributed by atoms with Crippen molar-refractivity contribution in [2.24, 2.45) is 5.92 Å². The molecular formula is C11H19N5O. The molecular weight excluding hydrogens is 218 g/mol. The zero-order valence-electron chi connectivity index (χ0n) is 9.88. The molecule has 94 valence electrons. The molecule has 0 aromatic heterocycles. The molecule has 4 rings (SSSR count). The van der Waals surface area contributed by atoms with Gasteiger partial charge in [0.15, 0.2) is 0 Å². The first-order chi connectivity index (χ1) is 8.34. The van der Waals surface area contributed by atoms with E-state index in [1.807, 2.05) is 10.2 Å². The summed E-state index contributed by atoms with van der Waals surface area (Å²) in [6.45, 7) is 1.81. The molecule has 3 fully saturated rings. The van der Waals surface area contributed by atoms with Gasteiger partial charge >= 0.3 is 0 Å². The van der Waals surface area contributed by atoms with Gasteiger partial charge in [0.25, 0.3) is 0 Å². The second-order valence-electron chi connectivity index (χ2n) is 5.52. The second-order valence-corrected chi connectivity index (χ2v) is 5.52. The standard InChI is InChI=1S/C11H19N5O/c17-16-10-5-2-1-4-9(10)11-8-13-6-3-7-14(13)12-15(11)16/h3,6,9-12,16H,1-2,4-5,7-8H2. The molecule has 0 spiro atoms. The molecule has 1 saturated carbocycles. The largest absolute Gasteiger partial charge is 0.612 e. The fourth-order valence-electron chi connectivity index (χ4n) is 3.83.